The molecule has 1 amide bonds. The van der Waals surface area contributed by atoms with Crippen molar-refractivity contribution >= 4 is 28.1 Å². The monoisotopic (exact) mass is 419 g/mol. The number of furan rings is 1. The number of carbonyl (C=O) groups excluding carboxylic acids is 1. The molecule has 0 saturated carbocycles. The number of aromatic nitrogens is 1. The van der Waals surface area contributed by atoms with Crippen LogP contribution >= 0.6 is 0 Å². The second-order valence-corrected chi connectivity index (χ2v) is 9.42. The maximum absolute atomic E-state index is 13.4. The number of sulfonamides is 1. The second-order valence-electron chi connectivity index (χ2n) is 7.54. The Kier molecular flexibility index (Phi) is 5.60. The molecule has 2 aromatic rings. The Hall–Kier alpha value is -2.39. The summed E-state index contributed by atoms with van der Waals surface area (Å²) in [6, 6.07) is 3.50. The molecular weight excluding hydrogens is 394 g/mol. The fraction of sp³-hybridized carbons (Fsp3) is 0.500. The van der Waals surface area contributed by atoms with Crippen LogP contribution in [0.5, 0.6) is 0 Å². The van der Waals surface area contributed by atoms with E-state index in [1.165, 1.54) is 10.6 Å². The van der Waals surface area contributed by atoms with E-state index in [0.717, 1.165) is 32.4 Å². The molecule has 9 heteroatoms. The Morgan fingerprint density at radius 1 is 1.21 bits per heavy atom. The molecule has 8 nitrogen and oxygen atoms in total. The SMILES string of the molecule is Cc1noc(/C=C/c2ccco2)c1S(=O)(=O)N1CCC[C@H](C(=O)N2CCCC2)C1. The molecule has 2 fully saturated rings. The van der Waals surface area contributed by atoms with Crippen molar-refractivity contribution in [1.82, 2.24) is 14.4 Å². The number of rotatable bonds is 5. The minimum absolute atomic E-state index is 0.0505. The number of hydrogen-bond donors (Lipinski definition) is 0. The average Bonchev–Trinajstić information content (AvgIpc) is 3.48. The highest BCUT2D eigenvalue weighted by molar-refractivity contribution is 7.89. The van der Waals surface area contributed by atoms with Gasteiger partial charge in [-0.1, -0.05) is 5.16 Å². The summed E-state index contributed by atoms with van der Waals surface area (Å²) in [6.45, 7) is 3.74. The molecule has 4 heterocycles. The molecule has 0 radical (unpaired) electrons. The minimum atomic E-state index is -3.84. The van der Waals surface area contributed by atoms with E-state index in [9.17, 15) is 13.2 Å². The lowest BCUT2D eigenvalue weighted by Gasteiger charge is -2.33. The molecular formula is C20H25N3O5S. The topological polar surface area (TPSA) is 96.9 Å². The Morgan fingerprint density at radius 3 is 2.72 bits per heavy atom. The Labute approximate surface area is 170 Å². The molecule has 29 heavy (non-hydrogen) atoms. The molecule has 0 aliphatic carbocycles. The summed E-state index contributed by atoms with van der Waals surface area (Å²) >= 11 is 0. The van der Waals surface area contributed by atoms with E-state index < -0.39 is 10.0 Å². The number of hydrogen-bond acceptors (Lipinski definition) is 6. The summed E-state index contributed by atoms with van der Waals surface area (Å²) < 4.78 is 38.7. The summed E-state index contributed by atoms with van der Waals surface area (Å²) in [7, 11) is -3.84. The van der Waals surface area contributed by atoms with Crippen LogP contribution in [0.15, 0.2) is 32.2 Å². The van der Waals surface area contributed by atoms with Crippen LogP contribution in [0.1, 0.15) is 42.9 Å². The van der Waals surface area contributed by atoms with E-state index >= 15 is 0 Å². The van der Waals surface area contributed by atoms with Gasteiger partial charge in [0.05, 0.1) is 12.2 Å². The first-order chi connectivity index (χ1) is 14.0. The van der Waals surface area contributed by atoms with E-state index in [1.807, 2.05) is 4.90 Å². The minimum Gasteiger partial charge on any atom is -0.465 e. The zero-order valence-corrected chi connectivity index (χ0v) is 17.2. The van der Waals surface area contributed by atoms with Crippen LogP contribution in [0.25, 0.3) is 12.2 Å². The molecule has 0 aromatic carbocycles. The summed E-state index contributed by atoms with van der Waals surface area (Å²) in [6.07, 6.45) is 8.13. The van der Waals surface area contributed by atoms with E-state index in [-0.39, 0.29) is 29.0 Å². The number of aryl methyl sites for hydroxylation is 1. The van der Waals surface area contributed by atoms with Crippen LogP contribution in [-0.2, 0) is 14.8 Å². The van der Waals surface area contributed by atoms with Crippen molar-refractivity contribution in [3.8, 4) is 0 Å². The lowest BCUT2D eigenvalue weighted by molar-refractivity contribution is -0.135. The normalized spacial score (nSPS) is 21.3. The van der Waals surface area contributed by atoms with Crippen molar-refractivity contribution in [2.75, 3.05) is 26.2 Å². The van der Waals surface area contributed by atoms with Gasteiger partial charge in [-0.05, 0) is 56.9 Å². The van der Waals surface area contributed by atoms with Crippen molar-refractivity contribution in [3.05, 3.63) is 35.6 Å². The molecule has 0 spiro atoms. The van der Waals surface area contributed by atoms with Gasteiger partial charge in [0.15, 0.2) is 10.7 Å². The first-order valence-corrected chi connectivity index (χ1v) is 11.4. The largest absolute Gasteiger partial charge is 0.465 e. The lowest BCUT2D eigenvalue weighted by Crippen LogP contribution is -2.46. The zero-order valence-electron chi connectivity index (χ0n) is 16.4. The van der Waals surface area contributed by atoms with Crippen LogP contribution in [0.2, 0.25) is 0 Å². The van der Waals surface area contributed by atoms with Gasteiger partial charge in [0.25, 0.3) is 0 Å². The van der Waals surface area contributed by atoms with Gasteiger partial charge in [-0.25, -0.2) is 8.42 Å². The number of likely N-dealkylation sites (tertiary alicyclic amines) is 1. The van der Waals surface area contributed by atoms with Crippen molar-refractivity contribution in [2.45, 2.75) is 37.5 Å². The third kappa shape index (κ3) is 4.02. The summed E-state index contributed by atoms with van der Waals surface area (Å²) in [4.78, 5) is 14.7. The maximum atomic E-state index is 13.4. The smallest absolute Gasteiger partial charge is 0.248 e. The lowest BCUT2D eigenvalue weighted by atomic mass is 9.98. The summed E-state index contributed by atoms with van der Waals surface area (Å²) in [5.74, 6) is 0.518. The highest BCUT2D eigenvalue weighted by Crippen LogP contribution is 2.30. The highest BCUT2D eigenvalue weighted by atomic mass is 32.2. The van der Waals surface area contributed by atoms with E-state index in [1.54, 1.807) is 31.2 Å². The third-order valence-electron chi connectivity index (χ3n) is 5.52. The standard InChI is InChI=1S/C20H25N3O5S/c1-15-19(18(28-21-15)9-8-17-7-5-13-27-17)29(25,26)23-12-4-6-16(14-23)20(24)22-10-2-3-11-22/h5,7-9,13,16H,2-4,6,10-12,14H2,1H3/b9-8+/t16-/m0/s1. The molecule has 2 aliphatic heterocycles. The molecule has 2 aromatic heterocycles. The second kappa shape index (κ2) is 8.16. The third-order valence-corrected chi connectivity index (χ3v) is 7.55. The first-order valence-electron chi connectivity index (χ1n) is 9.93. The predicted molar refractivity (Wildman–Crippen MR) is 106 cm³/mol. The molecule has 0 N–H and O–H groups in total. The van der Waals surface area contributed by atoms with Gasteiger partial charge < -0.3 is 13.8 Å². The molecule has 1 atom stereocenters. The van der Waals surface area contributed by atoms with Gasteiger partial charge in [0, 0.05) is 26.2 Å². The van der Waals surface area contributed by atoms with Crippen LogP contribution in [0.3, 0.4) is 0 Å². The fourth-order valence-electron chi connectivity index (χ4n) is 4.03. The quantitative estimate of drug-likeness (QED) is 0.739. The molecule has 4 rings (SSSR count). The Bertz CT molecular complexity index is 987. The van der Waals surface area contributed by atoms with Crippen LogP contribution < -0.4 is 0 Å². The average molecular weight is 420 g/mol. The van der Waals surface area contributed by atoms with Crippen molar-refractivity contribution < 1.29 is 22.2 Å². The summed E-state index contributed by atoms with van der Waals surface area (Å²) in [5, 5.41) is 3.86. The number of nitrogens with zero attached hydrogens (tertiary/aromatic N) is 3. The van der Waals surface area contributed by atoms with Gasteiger partial charge in [-0.15, -0.1) is 0 Å². The molecule has 0 bridgehead atoms. The van der Waals surface area contributed by atoms with E-state index in [4.69, 9.17) is 8.94 Å². The predicted octanol–water partition coefficient (Wildman–Crippen LogP) is 2.77. The molecule has 2 aliphatic rings. The van der Waals surface area contributed by atoms with Crippen molar-refractivity contribution in [3.63, 3.8) is 0 Å². The Balaban J connectivity index is 1.56. The van der Waals surface area contributed by atoms with Gasteiger partial charge in [-0.2, -0.15) is 4.31 Å². The maximum Gasteiger partial charge on any atom is 0.248 e. The number of carbonyl (C=O) groups is 1. The van der Waals surface area contributed by atoms with Gasteiger partial charge >= 0.3 is 0 Å². The van der Waals surface area contributed by atoms with Crippen LogP contribution in [-0.4, -0.2) is 54.9 Å². The van der Waals surface area contributed by atoms with Gasteiger partial charge in [0.1, 0.15) is 11.5 Å². The Morgan fingerprint density at radius 2 is 2.00 bits per heavy atom. The zero-order chi connectivity index (χ0) is 20.4. The van der Waals surface area contributed by atoms with Crippen LogP contribution in [0, 0.1) is 12.8 Å². The molecule has 156 valence electrons. The fourth-order valence-corrected chi connectivity index (χ4v) is 5.80. The van der Waals surface area contributed by atoms with E-state index in [0.29, 0.717) is 24.4 Å². The molecule has 2 saturated heterocycles. The van der Waals surface area contributed by atoms with Gasteiger partial charge in [-0.3, -0.25) is 4.79 Å². The van der Waals surface area contributed by atoms with Crippen molar-refractivity contribution in [2.24, 2.45) is 5.92 Å². The number of amides is 1. The number of piperidine rings is 1. The van der Waals surface area contributed by atoms with Gasteiger partial charge in [0.2, 0.25) is 15.9 Å². The molecule has 0 unspecified atom stereocenters. The summed E-state index contributed by atoms with van der Waals surface area (Å²) in [5.41, 5.74) is 0.303. The highest BCUT2D eigenvalue weighted by Gasteiger charge is 2.38. The van der Waals surface area contributed by atoms with Crippen LogP contribution in [0.4, 0.5) is 0 Å². The van der Waals surface area contributed by atoms with Crippen molar-refractivity contribution in [1.29, 1.82) is 0 Å². The first kappa shape index (κ1) is 19.9. The van der Waals surface area contributed by atoms with E-state index in [2.05, 4.69) is 5.16 Å².